The van der Waals surface area contributed by atoms with Crippen LogP contribution in [0.3, 0.4) is 0 Å². The zero-order valence-corrected chi connectivity index (χ0v) is 16.9. The molecule has 0 fully saturated rings. The molecular formula is C20H20Cl2N2OS. The van der Waals surface area contributed by atoms with Crippen LogP contribution in [0.4, 0.5) is 0 Å². The molecule has 136 valence electrons. The second-order valence-electron chi connectivity index (χ2n) is 6.34. The van der Waals surface area contributed by atoms with Crippen LogP contribution in [0, 0.1) is 0 Å². The molecule has 0 saturated carbocycles. The quantitative estimate of drug-likeness (QED) is 0.544. The lowest BCUT2D eigenvalue weighted by Gasteiger charge is -2.14. The zero-order valence-electron chi connectivity index (χ0n) is 14.6. The molecule has 2 aromatic heterocycles. The largest absolute Gasteiger partial charge is 0.392 e. The minimum atomic E-state index is 0.00654. The molecule has 0 aliphatic carbocycles. The predicted octanol–water partition coefficient (Wildman–Crippen LogP) is 6.01. The first kappa shape index (κ1) is 19.3. The SMILES string of the molecule is CC(C)c1c(CO)cn(Cc2ccccn2)c1Sc1cc(Cl)cc(Cl)c1. The van der Waals surface area contributed by atoms with Gasteiger partial charge in [-0.15, -0.1) is 0 Å². The van der Waals surface area contributed by atoms with Crippen molar-refractivity contribution in [2.75, 3.05) is 0 Å². The van der Waals surface area contributed by atoms with Gasteiger partial charge in [-0.3, -0.25) is 4.98 Å². The van der Waals surface area contributed by atoms with Gasteiger partial charge < -0.3 is 9.67 Å². The Morgan fingerprint density at radius 1 is 1.15 bits per heavy atom. The van der Waals surface area contributed by atoms with E-state index in [1.165, 1.54) is 0 Å². The summed E-state index contributed by atoms with van der Waals surface area (Å²) in [5.74, 6) is 0.277. The Labute approximate surface area is 168 Å². The summed E-state index contributed by atoms with van der Waals surface area (Å²) in [6.45, 7) is 4.91. The number of aliphatic hydroxyl groups excluding tert-OH is 1. The maximum absolute atomic E-state index is 9.85. The first-order valence-corrected chi connectivity index (χ1v) is 9.91. The highest BCUT2D eigenvalue weighted by atomic mass is 35.5. The number of aliphatic hydroxyl groups is 1. The van der Waals surface area contributed by atoms with E-state index in [0.717, 1.165) is 26.7 Å². The third-order valence-corrected chi connectivity index (χ3v) is 5.56. The van der Waals surface area contributed by atoms with Gasteiger partial charge in [0.1, 0.15) is 0 Å². The Balaban J connectivity index is 2.06. The van der Waals surface area contributed by atoms with E-state index in [2.05, 4.69) is 23.4 Å². The molecule has 0 aliphatic heterocycles. The smallest absolute Gasteiger partial charge is 0.0839 e. The number of rotatable bonds is 6. The second kappa shape index (κ2) is 8.49. The van der Waals surface area contributed by atoms with Gasteiger partial charge in [0.15, 0.2) is 0 Å². The highest BCUT2D eigenvalue weighted by Crippen LogP contribution is 2.39. The maximum Gasteiger partial charge on any atom is 0.0839 e. The maximum atomic E-state index is 9.85. The van der Waals surface area contributed by atoms with Crippen molar-refractivity contribution in [2.24, 2.45) is 0 Å². The van der Waals surface area contributed by atoms with E-state index in [-0.39, 0.29) is 12.5 Å². The molecule has 0 aliphatic rings. The van der Waals surface area contributed by atoms with Gasteiger partial charge in [-0.2, -0.15) is 0 Å². The summed E-state index contributed by atoms with van der Waals surface area (Å²) in [7, 11) is 0. The molecular weight excluding hydrogens is 387 g/mol. The summed E-state index contributed by atoms with van der Waals surface area (Å²) >= 11 is 13.9. The van der Waals surface area contributed by atoms with Crippen LogP contribution in [0.5, 0.6) is 0 Å². The van der Waals surface area contributed by atoms with Crippen LogP contribution in [-0.4, -0.2) is 14.7 Å². The molecule has 0 spiro atoms. The average Bonchev–Trinajstić information content (AvgIpc) is 2.92. The highest BCUT2D eigenvalue weighted by molar-refractivity contribution is 7.99. The third-order valence-electron chi connectivity index (χ3n) is 4.01. The fourth-order valence-corrected chi connectivity index (χ4v) is 4.91. The van der Waals surface area contributed by atoms with Gasteiger partial charge in [-0.25, -0.2) is 0 Å². The van der Waals surface area contributed by atoms with Crippen molar-refractivity contribution in [1.82, 2.24) is 9.55 Å². The van der Waals surface area contributed by atoms with Crippen molar-refractivity contribution < 1.29 is 5.11 Å². The molecule has 3 aromatic rings. The minimum Gasteiger partial charge on any atom is -0.392 e. The number of benzene rings is 1. The molecule has 0 amide bonds. The molecule has 0 bridgehead atoms. The van der Waals surface area contributed by atoms with Gasteiger partial charge in [0.2, 0.25) is 0 Å². The molecule has 2 heterocycles. The number of aromatic nitrogens is 2. The lowest BCUT2D eigenvalue weighted by molar-refractivity contribution is 0.280. The summed E-state index contributed by atoms with van der Waals surface area (Å²) in [6, 6.07) is 11.4. The normalized spacial score (nSPS) is 11.3. The standard InChI is InChI=1S/C20H20Cl2N2OS/c1-13(2)19-14(12-25)10-24(11-17-5-3-4-6-23-17)20(19)26-18-8-15(21)7-16(22)9-18/h3-10,13,25H,11-12H2,1-2H3. The molecule has 3 nitrogen and oxygen atoms in total. The Kier molecular flexibility index (Phi) is 6.30. The zero-order chi connectivity index (χ0) is 18.7. The Morgan fingerprint density at radius 2 is 1.88 bits per heavy atom. The second-order valence-corrected chi connectivity index (χ2v) is 8.28. The highest BCUT2D eigenvalue weighted by Gasteiger charge is 2.20. The van der Waals surface area contributed by atoms with E-state index < -0.39 is 0 Å². The van der Waals surface area contributed by atoms with E-state index >= 15 is 0 Å². The van der Waals surface area contributed by atoms with E-state index in [0.29, 0.717) is 16.6 Å². The van der Waals surface area contributed by atoms with Crippen LogP contribution in [0.2, 0.25) is 10.0 Å². The number of nitrogens with zero attached hydrogens (tertiary/aromatic N) is 2. The van der Waals surface area contributed by atoms with Crippen molar-refractivity contribution >= 4 is 35.0 Å². The van der Waals surface area contributed by atoms with Gasteiger partial charge in [0, 0.05) is 27.3 Å². The molecule has 0 atom stereocenters. The van der Waals surface area contributed by atoms with E-state index in [9.17, 15) is 5.11 Å². The summed E-state index contributed by atoms with van der Waals surface area (Å²) in [5, 5.41) is 12.1. The number of hydrogen-bond acceptors (Lipinski definition) is 3. The van der Waals surface area contributed by atoms with Gasteiger partial charge >= 0.3 is 0 Å². The van der Waals surface area contributed by atoms with Crippen LogP contribution in [0.25, 0.3) is 0 Å². The Morgan fingerprint density at radius 3 is 2.46 bits per heavy atom. The molecule has 0 radical (unpaired) electrons. The molecule has 26 heavy (non-hydrogen) atoms. The Bertz CT molecular complexity index is 874. The fraction of sp³-hybridized carbons (Fsp3) is 0.250. The summed E-state index contributed by atoms with van der Waals surface area (Å²) in [5.41, 5.74) is 3.05. The van der Waals surface area contributed by atoms with Crippen molar-refractivity contribution in [2.45, 2.75) is 42.8 Å². The lowest BCUT2D eigenvalue weighted by atomic mass is 10.0. The van der Waals surface area contributed by atoms with Gasteiger partial charge in [0.05, 0.1) is 23.9 Å². The van der Waals surface area contributed by atoms with Gasteiger partial charge in [0.25, 0.3) is 0 Å². The van der Waals surface area contributed by atoms with Crippen LogP contribution < -0.4 is 0 Å². The van der Waals surface area contributed by atoms with E-state index in [1.54, 1.807) is 24.0 Å². The van der Waals surface area contributed by atoms with Crippen molar-refractivity contribution in [3.63, 3.8) is 0 Å². The van der Waals surface area contributed by atoms with Gasteiger partial charge in [-0.05, 0) is 47.4 Å². The molecule has 3 rings (SSSR count). The molecule has 0 saturated heterocycles. The number of halogens is 2. The van der Waals surface area contributed by atoms with Crippen LogP contribution in [0.1, 0.15) is 36.6 Å². The fourth-order valence-electron chi connectivity index (χ4n) is 2.95. The van der Waals surface area contributed by atoms with Crippen molar-refractivity contribution in [3.05, 3.63) is 75.7 Å². The molecule has 6 heteroatoms. The minimum absolute atomic E-state index is 0.00654. The Hall–Kier alpha value is -1.46. The summed E-state index contributed by atoms with van der Waals surface area (Å²) < 4.78 is 2.14. The monoisotopic (exact) mass is 406 g/mol. The molecule has 1 N–H and O–H groups in total. The first-order valence-electron chi connectivity index (χ1n) is 8.34. The molecule has 0 unspecified atom stereocenters. The van der Waals surface area contributed by atoms with Crippen LogP contribution >= 0.6 is 35.0 Å². The summed E-state index contributed by atoms with van der Waals surface area (Å²) in [4.78, 5) is 5.39. The van der Waals surface area contributed by atoms with Crippen molar-refractivity contribution in [3.8, 4) is 0 Å². The predicted molar refractivity (Wildman–Crippen MR) is 108 cm³/mol. The van der Waals surface area contributed by atoms with Crippen LogP contribution in [0.15, 0.2) is 58.7 Å². The summed E-state index contributed by atoms with van der Waals surface area (Å²) in [6.07, 6.45) is 3.80. The number of pyridine rings is 1. The molecule has 1 aromatic carbocycles. The topological polar surface area (TPSA) is 38.0 Å². The van der Waals surface area contributed by atoms with E-state index in [1.807, 2.05) is 36.5 Å². The third kappa shape index (κ3) is 4.44. The number of hydrogen-bond donors (Lipinski definition) is 1. The lowest BCUT2D eigenvalue weighted by Crippen LogP contribution is -2.02. The van der Waals surface area contributed by atoms with E-state index in [4.69, 9.17) is 23.2 Å². The van der Waals surface area contributed by atoms with Gasteiger partial charge in [-0.1, -0.05) is 54.9 Å². The average molecular weight is 407 g/mol. The van der Waals surface area contributed by atoms with Crippen LogP contribution in [-0.2, 0) is 13.2 Å². The first-order chi connectivity index (χ1) is 12.5. The van der Waals surface area contributed by atoms with Crippen molar-refractivity contribution in [1.29, 1.82) is 0 Å².